The molecule has 2 aromatic heterocycles. The summed E-state index contributed by atoms with van der Waals surface area (Å²) in [6, 6.07) is 56.5. The Hall–Kier alpha value is -6.53. The van der Waals surface area contributed by atoms with Gasteiger partial charge >= 0.3 is 0 Å². The van der Waals surface area contributed by atoms with Gasteiger partial charge in [0, 0.05) is 63.4 Å². The van der Waals surface area contributed by atoms with E-state index in [1.807, 2.05) is 53.0 Å². The molecule has 278 valence electrons. The van der Waals surface area contributed by atoms with Crippen LogP contribution in [0.1, 0.15) is 33.7 Å². The molecule has 0 fully saturated rings. The molecule has 0 spiro atoms. The predicted octanol–water partition coefficient (Wildman–Crippen LogP) is 13.9. The Kier molecular flexibility index (Phi) is 8.64. The number of allylic oxidation sites excluding steroid dienone is 5. The fourth-order valence-electron chi connectivity index (χ4n) is 9.14. The summed E-state index contributed by atoms with van der Waals surface area (Å²) in [5.74, 6) is -0.124. The number of nitrogens with zero attached hydrogens (tertiary/aromatic N) is 1. The SMILES string of the molecule is NC(=CC(=NNc1ccccc1)c1cccc2c1CCc1ccccc1-2)C1C=C(c2cccc3c2sc2ccccc23)C=CC1c1cccc2c1sc1ccccc12. The van der Waals surface area contributed by atoms with Crippen LogP contribution in [-0.4, -0.2) is 5.71 Å². The van der Waals surface area contributed by atoms with E-state index in [0.717, 1.165) is 35.5 Å². The third-order valence-corrected chi connectivity index (χ3v) is 14.4. The van der Waals surface area contributed by atoms with E-state index >= 15 is 0 Å². The van der Waals surface area contributed by atoms with Gasteiger partial charge in [-0.1, -0.05) is 152 Å². The van der Waals surface area contributed by atoms with Crippen LogP contribution in [0.5, 0.6) is 0 Å². The van der Waals surface area contributed by atoms with Gasteiger partial charge in [-0.15, -0.1) is 22.7 Å². The number of thiophene rings is 2. The zero-order valence-electron chi connectivity index (χ0n) is 31.7. The maximum Gasteiger partial charge on any atom is 0.0926 e. The van der Waals surface area contributed by atoms with Gasteiger partial charge in [-0.3, -0.25) is 5.43 Å². The molecule has 7 aromatic carbocycles. The first-order chi connectivity index (χ1) is 28.7. The van der Waals surface area contributed by atoms with Crippen molar-refractivity contribution in [2.75, 3.05) is 5.43 Å². The molecular formula is C53H39N3S2. The lowest BCUT2D eigenvalue weighted by Gasteiger charge is -2.28. The molecule has 0 saturated heterocycles. The molecule has 0 saturated carbocycles. The van der Waals surface area contributed by atoms with Gasteiger partial charge in [0.1, 0.15) is 0 Å². The minimum Gasteiger partial charge on any atom is -0.401 e. The quantitative estimate of drug-likeness (QED) is 0.125. The molecule has 58 heavy (non-hydrogen) atoms. The van der Waals surface area contributed by atoms with Crippen LogP contribution in [0, 0.1) is 5.92 Å². The summed E-state index contributed by atoms with van der Waals surface area (Å²) in [6.07, 6.45) is 11.2. The molecule has 2 atom stereocenters. The van der Waals surface area contributed by atoms with E-state index < -0.39 is 0 Å². The number of nitrogens with two attached hydrogens (primary N) is 1. The third-order valence-electron chi connectivity index (χ3n) is 11.9. The highest BCUT2D eigenvalue weighted by atomic mass is 32.1. The minimum absolute atomic E-state index is 0.0123. The van der Waals surface area contributed by atoms with Crippen molar-refractivity contribution in [2.24, 2.45) is 16.8 Å². The number of fused-ring (bicyclic) bond motifs is 9. The maximum absolute atomic E-state index is 7.55. The van der Waals surface area contributed by atoms with Crippen LogP contribution in [0.15, 0.2) is 193 Å². The lowest BCUT2D eigenvalue weighted by molar-refractivity contribution is 0.662. The number of hydrogen-bond acceptors (Lipinski definition) is 5. The fraction of sp³-hybridized carbons (Fsp3) is 0.0755. The van der Waals surface area contributed by atoms with E-state index in [1.54, 1.807) is 0 Å². The van der Waals surface area contributed by atoms with Gasteiger partial charge in [0.25, 0.3) is 0 Å². The van der Waals surface area contributed by atoms with E-state index in [0.29, 0.717) is 0 Å². The van der Waals surface area contributed by atoms with Crippen LogP contribution < -0.4 is 11.2 Å². The Morgan fingerprint density at radius 3 is 2.07 bits per heavy atom. The first-order valence-electron chi connectivity index (χ1n) is 19.9. The summed E-state index contributed by atoms with van der Waals surface area (Å²) in [4.78, 5) is 0. The van der Waals surface area contributed by atoms with Crippen molar-refractivity contribution in [3.05, 3.63) is 216 Å². The molecule has 2 heterocycles. The molecule has 0 aliphatic heterocycles. The summed E-state index contributed by atoms with van der Waals surface area (Å²) < 4.78 is 5.22. The van der Waals surface area contributed by atoms with Crippen LogP contribution in [-0.2, 0) is 12.8 Å². The number of hydrogen-bond donors (Lipinski definition) is 2. The second-order valence-electron chi connectivity index (χ2n) is 15.2. The molecule has 9 aromatic rings. The van der Waals surface area contributed by atoms with Gasteiger partial charge in [0.2, 0.25) is 0 Å². The molecule has 3 nitrogen and oxygen atoms in total. The zero-order chi connectivity index (χ0) is 38.6. The Morgan fingerprint density at radius 1 is 0.603 bits per heavy atom. The van der Waals surface area contributed by atoms with E-state index in [4.69, 9.17) is 10.8 Å². The molecule has 0 bridgehead atoms. The van der Waals surface area contributed by atoms with E-state index in [9.17, 15) is 0 Å². The lowest BCUT2D eigenvalue weighted by atomic mass is 9.77. The fourth-order valence-corrected chi connectivity index (χ4v) is 11.6. The van der Waals surface area contributed by atoms with Crippen LogP contribution in [0.2, 0.25) is 0 Å². The van der Waals surface area contributed by atoms with Gasteiger partial charge in [0.05, 0.1) is 11.4 Å². The van der Waals surface area contributed by atoms with Crippen molar-refractivity contribution in [1.82, 2.24) is 0 Å². The van der Waals surface area contributed by atoms with Crippen molar-refractivity contribution in [3.8, 4) is 11.1 Å². The molecule has 2 unspecified atom stereocenters. The Bertz CT molecular complexity index is 3180. The number of aryl methyl sites for hydroxylation is 1. The Balaban J connectivity index is 1.09. The first-order valence-corrected chi connectivity index (χ1v) is 21.6. The van der Waals surface area contributed by atoms with Crippen LogP contribution in [0.25, 0.3) is 57.0 Å². The number of nitrogens with one attached hydrogen (secondary N) is 1. The van der Waals surface area contributed by atoms with E-state index in [1.165, 1.54) is 79.3 Å². The van der Waals surface area contributed by atoms with Gasteiger partial charge < -0.3 is 5.73 Å². The number of rotatable bonds is 7. The van der Waals surface area contributed by atoms with Crippen molar-refractivity contribution < 1.29 is 0 Å². The molecule has 0 amide bonds. The topological polar surface area (TPSA) is 50.4 Å². The number of benzene rings is 7. The first kappa shape index (κ1) is 34.7. The molecular weight excluding hydrogens is 743 g/mol. The second kappa shape index (κ2) is 14.4. The highest BCUT2D eigenvalue weighted by Gasteiger charge is 2.29. The normalized spacial score (nSPS) is 16.8. The number of anilines is 1. The van der Waals surface area contributed by atoms with Gasteiger partial charge in [-0.25, -0.2) is 0 Å². The van der Waals surface area contributed by atoms with E-state index in [2.05, 4.69) is 157 Å². The van der Waals surface area contributed by atoms with Crippen LogP contribution >= 0.6 is 22.7 Å². The standard InChI is InChI=1S/C53H39N3S2/c54-48(32-49(56-55-35-14-2-1-3-15-35)41-21-11-20-38-36-16-5-4-13-33(36)27-29-39(38)41)47-31-34(37-19-10-23-45-42-17-6-8-25-50(42)57-52(37)45)28-30-40(47)44-22-12-24-46-43-18-7-9-26-51(43)58-53(44)46/h1-26,28,30-32,40,47,55H,27,29,54H2. The predicted molar refractivity (Wildman–Crippen MR) is 250 cm³/mol. The van der Waals surface area contributed by atoms with Crippen molar-refractivity contribution in [1.29, 1.82) is 0 Å². The molecule has 2 aliphatic rings. The maximum atomic E-state index is 7.55. The highest BCUT2D eigenvalue weighted by Crippen LogP contribution is 2.46. The van der Waals surface area contributed by atoms with Crippen molar-refractivity contribution in [3.63, 3.8) is 0 Å². The molecule has 11 rings (SSSR count). The van der Waals surface area contributed by atoms with Crippen LogP contribution in [0.4, 0.5) is 5.69 Å². The lowest BCUT2D eigenvalue weighted by Crippen LogP contribution is -2.22. The van der Waals surface area contributed by atoms with Crippen LogP contribution in [0.3, 0.4) is 0 Å². The summed E-state index contributed by atoms with van der Waals surface area (Å²) in [7, 11) is 0. The van der Waals surface area contributed by atoms with Crippen molar-refractivity contribution in [2.45, 2.75) is 18.8 Å². The third kappa shape index (κ3) is 5.97. The summed E-state index contributed by atoms with van der Waals surface area (Å²) in [5, 5.41) is 10.3. The Morgan fingerprint density at radius 2 is 1.24 bits per heavy atom. The van der Waals surface area contributed by atoms with Gasteiger partial charge in [-0.2, -0.15) is 5.10 Å². The monoisotopic (exact) mass is 781 g/mol. The minimum atomic E-state index is -0.136. The average Bonchev–Trinajstić information content (AvgIpc) is 3.86. The summed E-state index contributed by atoms with van der Waals surface area (Å²) in [6.45, 7) is 0. The zero-order valence-corrected chi connectivity index (χ0v) is 33.4. The molecule has 3 N–H and O–H groups in total. The largest absolute Gasteiger partial charge is 0.401 e. The molecule has 2 aliphatic carbocycles. The average molecular weight is 782 g/mol. The van der Waals surface area contributed by atoms with Gasteiger partial charge in [0.15, 0.2) is 0 Å². The van der Waals surface area contributed by atoms with E-state index in [-0.39, 0.29) is 11.8 Å². The van der Waals surface area contributed by atoms with Gasteiger partial charge in [-0.05, 0) is 82.1 Å². The highest BCUT2D eigenvalue weighted by molar-refractivity contribution is 7.26. The number of hydrazone groups is 1. The second-order valence-corrected chi connectivity index (χ2v) is 17.3. The molecule has 5 heteroatoms. The summed E-state index contributed by atoms with van der Waals surface area (Å²) >= 11 is 3.74. The smallest absolute Gasteiger partial charge is 0.0926 e. The summed E-state index contributed by atoms with van der Waals surface area (Å²) in [5.41, 5.74) is 23.6. The number of para-hydroxylation sites is 1. The molecule has 0 radical (unpaired) electrons. The Labute approximate surface area is 345 Å². The van der Waals surface area contributed by atoms with Crippen molar-refractivity contribution >= 4 is 80.0 Å².